The Labute approximate surface area is 91.3 Å². The fraction of sp³-hybridized carbons (Fsp3) is 0.444. The van der Waals surface area contributed by atoms with Gasteiger partial charge in [0.1, 0.15) is 12.3 Å². The molecule has 0 amide bonds. The molecule has 0 aliphatic carbocycles. The van der Waals surface area contributed by atoms with Crippen LogP contribution in [0.1, 0.15) is 12.2 Å². The average Bonchev–Trinajstić information content (AvgIpc) is 2.58. The lowest BCUT2D eigenvalue weighted by molar-refractivity contribution is -0.138. The predicted molar refractivity (Wildman–Crippen MR) is 53.3 cm³/mol. The number of rotatable bonds is 6. The van der Waals surface area contributed by atoms with Gasteiger partial charge in [-0.05, 0) is 6.92 Å². The largest absolute Gasteiger partial charge is 0.481 e. The van der Waals surface area contributed by atoms with Crippen LogP contribution in [0.3, 0.4) is 0 Å². The molecule has 1 aromatic heterocycles. The van der Waals surface area contributed by atoms with Gasteiger partial charge in [-0.1, -0.05) is 5.16 Å². The van der Waals surface area contributed by atoms with Gasteiger partial charge in [0.25, 0.3) is 0 Å². The minimum Gasteiger partial charge on any atom is -0.481 e. The first-order valence-corrected chi connectivity index (χ1v) is 4.61. The molecule has 7 nitrogen and oxygen atoms in total. The van der Waals surface area contributed by atoms with Gasteiger partial charge in [-0.15, -0.1) is 0 Å². The highest BCUT2D eigenvalue weighted by Crippen LogP contribution is 2.13. The second-order valence-corrected chi connectivity index (χ2v) is 3.25. The van der Waals surface area contributed by atoms with Gasteiger partial charge in [-0.2, -0.15) is 0 Å². The number of anilines is 1. The molecule has 0 radical (unpaired) electrons. The van der Waals surface area contributed by atoms with Gasteiger partial charge < -0.3 is 19.6 Å². The van der Waals surface area contributed by atoms with Gasteiger partial charge in [0, 0.05) is 12.6 Å². The molecule has 0 bridgehead atoms. The minimum atomic E-state index is -1.05. The zero-order valence-corrected chi connectivity index (χ0v) is 8.71. The van der Waals surface area contributed by atoms with E-state index in [1.54, 1.807) is 13.0 Å². The number of aromatic nitrogens is 1. The van der Waals surface area contributed by atoms with E-state index in [9.17, 15) is 9.59 Å². The number of aliphatic carboxylic acids is 2. The molecule has 0 aliphatic rings. The molecular formula is C9H12N2O5. The van der Waals surface area contributed by atoms with E-state index in [0.29, 0.717) is 11.6 Å². The number of aryl methyl sites for hydroxylation is 1. The normalized spacial score (nSPS) is 10.1. The number of hydrogen-bond donors (Lipinski definition) is 2. The Morgan fingerprint density at radius 1 is 1.44 bits per heavy atom. The molecule has 1 heterocycles. The van der Waals surface area contributed by atoms with Crippen molar-refractivity contribution in [2.75, 3.05) is 18.0 Å². The lowest BCUT2D eigenvalue weighted by Gasteiger charge is -2.17. The van der Waals surface area contributed by atoms with Crippen LogP contribution in [-0.4, -0.2) is 40.4 Å². The molecule has 88 valence electrons. The van der Waals surface area contributed by atoms with Crippen molar-refractivity contribution in [3.8, 4) is 0 Å². The van der Waals surface area contributed by atoms with Gasteiger partial charge in [0.2, 0.25) is 0 Å². The Morgan fingerprint density at radius 3 is 2.56 bits per heavy atom. The molecule has 16 heavy (non-hydrogen) atoms. The summed E-state index contributed by atoms with van der Waals surface area (Å²) in [5, 5.41) is 20.8. The maximum absolute atomic E-state index is 10.6. The number of nitrogens with zero attached hydrogens (tertiary/aromatic N) is 2. The van der Waals surface area contributed by atoms with Gasteiger partial charge in [-0.25, -0.2) is 0 Å². The Balaban J connectivity index is 2.70. The van der Waals surface area contributed by atoms with E-state index >= 15 is 0 Å². The number of carbonyl (C=O) groups is 2. The molecule has 0 unspecified atom stereocenters. The highest BCUT2D eigenvalue weighted by atomic mass is 16.5. The number of hydrogen-bond acceptors (Lipinski definition) is 5. The SMILES string of the molecule is Cc1cc(N(CCC(=O)O)CC(=O)O)no1. The lowest BCUT2D eigenvalue weighted by Crippen LogP contribution is -2.32. The lowest BCUT2D eigenvalue weighted by atomic mass is 10.3. The second kappa shape index (κ2) is 5.15. The fourth-order valence-corrected chi connectivity index (χ4v) is 1.17. The summed E-state index contributed by atoms with van der Waals surface area (Å²) in [6.45, 7) is 1.44. The first-order chi connectivity index (χ1) is 7.49. The van der Waals surface area contributed by atoms with Crippen LogP contribution in [0.4, 0.5) is 5.82 Å². The molecule has 0 spiro atoms. The summed E-state index contributed by atoms with van der Waals surface area (Å²) < 4.78 is 4.80. The highest BCUT2D eigenvalue weighted by molar-refractivity contribution is 5.74. The molecule has 0 saturated heterocycles. The van der Waals surface area contributed by atoms with Gasteiger partial charge in [0.15, 0.2) is 5.82 Å². The molecule has 1 rings (SSSR count). The molecule has 0 aliphatic heterocycles. The smallest absolute Gasteiger partial charge is 0.323 e. The zero-order chi connectivity index (χ0) is 12.1. The van der Waals surface area contributed by atoms with Gasteiger partial charge in [0.05, 0.1) is 6.42 Å². The monoisotopic (exact) mass is 228 g/mol. The van der Waals surface area contributed by atoms with Crippen molar-refractivity contribution < 1.29 is 24.3 Å². The van der Waals surface area contributed by atoms with E-state index in [1.165, 1.54) is 4.90 Å². The van der Waals surface area contributed by atoms with Crippen LogP contribution in [0, 0.1) is 6.92 Å². The first-order valence-electron chi connectivity index (χ1n) is 4.61. The summed E-state index contributed by atoms with van der Waals surface area (Å²) in [6.07, 6.45) is -0.154. The summed E-state index contributed by atoms with van der Waals surface area (Å²) >= 11 is 0. The van der Waals surface area contributed by atoms with Crippen LogP contribution in [0.25, 0.3) is 0 Å². The number of carboxylic acid groups (broad SMARTS) is 2. The molecule has 7 heteroatoms. The third-order valence-corrected chi connectivity index (χ3v) is 1.86. The van der Waals surface area contributed by atoms with E-state index < -0.39 is 11.9 Å². The van der Waals surface area contributed by atoms with Gasteiger partial charge in [-0.3, -0.25) is 9.59 Å². The average molecular weight is 228 g/mol. The van der Waals surface area contributed by atoms with E-state index in [1.807, 2.05) is 0 Å². The predicted octanol–water partition coefficient (Wildman–Crippen LogP) is 0.349. The molecule has 0 atom stereocenters. The van der Waals surface area contributed by atoms with Crippen molar-refractivity contribution in [2.24, 2.45) is 0 Å². The summed E-state index contributed by atoms with van der Waals surface area (Å²) in [4.78, 5) is 22.3. The highest BCUT2D eigenvalue weighted by Gasteiger charge is 2.15. The summed E-state index contributed by atoms with van der Waals surface area (Å²) in [7, 11) is 0. The Morgan fingerprint density at radius 2 is 2.12 bits per heavy atom. The summed E-state index contributed by atoms with van der Waals surface area (Å²) in [5.41, 5.74) is 0. The quantitative estimate of drug-likeness (QED) is 0.723. The van der Waals surface area contributed by atoms with Crippen molar-refractivity contribution in [1.29, 1.82) is 0 Å². The minimum absolute atomic E-state index is 0.0770. The van der Waals surface area contributed by atoms with E-state index in [0.717, 1.165) is 0 Å². The Bertz CT molecular complexity index is 387. The van der Waals surface area contributed by atoms with Crippen LogP contribution < -0.4 is 4.90 Å². The maximum atomic E-state index is 10.6. The number of carboxylic acids is 2. The zero-order valence-electron chi connectivity index (χ0n) is 8.71. The van der Waals surface area contributed by atoms with E-state index in [4.69, 9.17) is 14.7 Å². The fourth-order valence-electron chi connectivity index (χ4n) is 1.17. The van der Waals surface area contributed by atoms with Crippen LogP contribution in [0.5, 0.6) is 0 Å². The van der Waals surface area contributed by atoms with Crippen molar-refractivity contribution in [2.45, 2.75) is 13.3 Å². The molecular weight excluding hydrogens is 216 g/mol. The van der Waals surface area contributed by atoms with Crippen LogP contribution in [0.2, 0.25) is 0 Å². The molecule has 2 N–H and O–H groups in total. The van der Waals surface area contributed by atoms with E-state index in [2.05, 4.69) is 5.16 Å². The van der Waals surface area contributed by atoms with Crippen molar-refractivity contribution in [3.05, 3.63) is 11.8 Å². The van der Waals surface area contributed by atoms with E-state index in [-0.39, 0.29) is 19.5 Å². The molecule has 0 saturated carbocycles. The third kappa shape index (κ3) is 3.60. The molecule has 0 aromatic carbocycles. The standard InChI is InChI=1S/C9H12N2O5/c1-6-4-7(10-16-6)11(5-9(14)15)3-2-8(12)13/h4H,2-3,5H2,1H3,(H,12,13)(H,14,15). The molecule has 0 fully saturated rings. The van der Waals surface area contributed by atoms with Crippen LogP contribution in [0.15, 0.2) is 10.6 Å². The first kappa shape index (κ1) is 12.0. The van der Waals surface area contributed by atoms with Crippen molar-refractivity contribution >= 4 is 17.8 Å². The second-order valence-electron chi connectivity index (χ2n) is 3.25. The molecule has 1 aromatic rings. The Hall–Kier alpha value is -2.05. The Kier molecular flexibility index (Phi) is 3.87. The third-order valence-electron chi connectivity index (χ3n) is 1.86. The van der Waals surface area contributed by atoms with Crippen LogP contribution >= 0.6 is 0 Å². The summed E-state index contributed by atoms with van der Waals surface area (Å²) in [5.74, 6) is -1.16. The van der Waals surface area contributed by atoms with Gasteiger partial charge >= 0.3 is 11.9 Å². The maximum Gasteiger partial charge on any atom is 0.323 e. The van der Waals surface area contributed by atoms with Crippen molar-refractivity contribution in [3.63, 3.8) is 0 Å². The van der Waals surface area contributed by atoms with Crippen molar-refractivity contribution in [1.82, 2.24) is 5.16 Å². The summed E-state index contributed by atoms with van der Waals surface area (Å²) in [6, 6.07) is 1.56. The van der Waals surface area contributed by atoms with Crippen LogP contribution in [-0.2, 0) is 9.59 Å². The topological polar surface area (TPSA) is 104 Å².